The van der Waals surface area contributed by atoms with Crippen molar-refractivity contribution < 1.29 is 18.0 Å². The summed E-state index contributed by atoms with van der Waals surface area (Å²) < 4.78 is 28.8. The highest BCUT2D eigenvalue weighted by molar-refractivity contribution is 7.90. The van der Waals surface area contributed by atoms with Crippen molar-refractivity contribution in [2.45, 2.75) is 24.3 Å². The van der Waals surface area contributed by atoms with Gasteiger partial charge in [0, 0.05) is 24.6 Å². The van der Waals surface area contributed by atoms with Gasteiger partial charge in [-0.2, -0.15) is 9.97 Å². The summed E-state index contributed by atoms with van der Waals surface area (Å²) in [6.07, 6.45) is 3.31. The topological polar surface area (TPSA) is 143 Å². The molecule has 0 spiro atoms. The lowest BCUT2D eigenvalue weighted by atomic mass is 10.1. The largest absolute Gasteiger partial charge is 0.394 e. The number of rotatable bonds is 9. The molecule has 176 valence electrons. The molecule has 4 rings (SSSR count). The molecule has 1 atom stereocenters. The maximum absolute atomic E-state index is 11.7. The van der Waals surface area contributed by atoms with Crippen molar-refractivity contribution in [3.05, 3.63) is 72.2 Å². The van der Waals surface area contributed by atoms with Gasteiger partial charge < -0.3 is 20.3 Å². The molecule has 4 aromatic rings. The molecule has 34 heavy (non-hydrogen) atoms. The summed E-state index contributed by atoms with van der Waals surface area (Å²) in [5, 5.41) is 20.3. The smallest absolute Gasteiger partial charge is 0.263 e. The second-order valence-corrected chi connectivity index (χ2v) is 9.55. The summed E-state index contributed by atoms with van der Waals surface area (Å²) in [5.41, 5.74) is 1.97. The fourth-order valence-electron chi connectivity index (χ4n) is 3.21. The Kier molecular flexibility index (Phi) is 6.85. The average molecular weight is 481 g/mol. The second kappa shape index (κ2) is 9.98. The quantitative estimate of drug-likeness (QED) is 0.326. The number of aryl methyl sites for hydroxylation is 1. The van der Waals surface area contributed by atoms with E-state index in [-0.39, 0.29) is 23.3 Å². The second-order valence-electron chi connectivity index (χ2n) is 7.54. The minimum Gasteiger partial charge on any atom is -0.394 e. The maximum atomic E-state index is 11.7. The molecule has 0 saturated heterocycles. The first-order valence-corrected chi connectivity index (χ1v) is 12.5. The predicted octanol–water partition coefficient (Wildman–Crippen LogP) is 3.38. The molecule has 0 amide bonds. The Balaban J connectivity index is 1.68. The highest BCUT2D eigenvalue weighted by atomic mass is 32.2. The van der Waals surface area contributed by atoms with Gasteiger partial charge in [-0.3, -0.25) is 0 Å². The van der Waals surface area contributed by atoms with E-state index in [0.29, 0.717) is 29.3 Å². The molecule has 11 heteroatoms. The first kappa shape index (κ1) is 23.3. The molecule has 0 bridgehead atoms. The fraction of sp³-hybridized carbons (Fsp3) is 0.217. The first-order valence-electron chi connectivity index (χ1n) is 10.6. The Morgan fingerprint density at radius 3 is 2.41 bits per heavy atom. The third-order valence-corrected chi connectivity index (χ3v) is 6.17. The van der Waals surface area contributed by atoms with Gasteiger partial charge in [0.05, 0.1) is 17.5 Å². The molecule has 0 aliphatic heterocycles. The molecule has 2 aromatic carbocycles. The SMILES string of the molecule is CCc1noc(-c2cnc(Nc3ccc(S(C)(=O)=O)cc3)nc2N[C@H](CO)c2ccccc2)n1. The number of anilines is 3. The van der Waals surface area contributed by atoms with Gasteiger partial charge in [-0.25, -0.2) is 13.4 Å². The Hall–Kier alpha value is -3.83. The average Bonchev–Trinajstić information content (AvgIpc) is 3.32. The number of nitrogens with zero attached hydrogens (tertiary/aromatic N) is 4. The summed E-state index contributed by atoms with van der Waals surface area (Å²) in [7, 11) is -3.29. The highest BCUT2D eigenvalue weighted by Crippen LogP contribution is 2.29. The van der Waals surface area contributed by atoms with Crippen molar-refractivity contribution in [2.75, 3.05) is 23.5 Å². The van der Waals surface area contributed by atoms with E-state index in [2.05, 4.69) is 30.7 Å². The van der Waals surface area contributed by atoms with Crippen LogP contribution < -0.4 is 10.6 Å². The lowest BCUT2D eigenvalue weighted by Crippen LogP contribution is -2.17. The number of aliphatic hydroxyl groups is 1. The van der Waals surface area contributed by atoms with Crippen LogP contribution in [0.5, 0.6) is 0 Å². The number of aromatic nitrogens is 4. The van der Waals surface area contributed by atoms with E-state index in [0.717, 1.165) is 11.8 Å². The molecule has 0 aliphatic rings. The molecule has 0 fully saturated rings. The fourth-order valence-corrected chi connectivity index (χ4v) is 3.85. The Labute approximate surface area is 197 Å². The zero-order chi connectivity index (χ0) is 24.1. The van der Waals surface area contributed by atoms with Gasteiger partial charge in [-0.05, 0) is 29.8 Å². The van der Waals surface area contributed by atoms with Gasteiger partial charge >= 0.3 is 0 Å². The van der Waals surface area contributed by atoms with Gasteiger partial charge in [0.2, 0.25) is 5.95 Å². The molecule has 0 saturated carbocycles. The summed E-state index contributed by atoms with van der Waals surface area (Å²) in [4.78, 5) is 13.5. The molecule has 3 N–H and O–H groups in total. The van der Waals surface area contributed by atoms with Crippen molar-refractivity contribution in [1.29, 1.82) is 0 Å². The minimum atomic E-state index is -3.29. The molecular formula is C23H24N6O4S. The number of aliphatic hydroxyl groups excluding tert-OH is 1. The molecule has 2 heterocycles. The number of benzene rings is 2. The molecular weight excluding hydrogens is 456 g/mol. The third-order valence-electron chi connectivity index (χ3n) is 5.04. The van der Waals surface area contributed by atoms with E-state index < -0.39 is 15.9 Å². The van der Waals surface area contributed by atoms with Gasteiger partial charge in [0.1, 0.15) is 11.4 Å². The standard InChI is InChI=1S/C23H24N6O4S/c1-3-20-27-22(33-29-20)18-13-24-23(25-16-9-11-17(12-10-16)34(2,31)32)28-21(18)26-19(14-30)15-7-5-4-6-8-15/h4-13,19,30H,3,14H2,1-2H3,(H2,24,25,26,28)/t19-/m1/s1. The molecule has 10 nitrogen and oxygen atoms in total. The van der Waals surface area contributed by atoms with Crippen molar-refractivity contribution in [3.8, 4) is 11.5 Å². The van der Waals surface area contributed by atoms with Crippen molar-refractivity contribution in [1.82, 2.24) is 20.1 Å². The maximum Gasteiger partial charge on any atom is 0.263 e. The number of sulfone groups is 1. The van der Waals surface area contributed by atoms with Gasteiger partial charge in [-0.1, -0.05) is 42.4 Å². The van der Waals surface area contributed by atoms with Crippen LogP contribution in [0.15, 0.2) is 70.2 Å². The number of nitrogens with one attached hydrogen (secondary N) is 2. The van der Waals surface area contributed by atoms with Crippen LogP contribution in [-0.4, -0.2) is 46.5 Å². The predicted molar refractivity (Wildman–Crippen MR) is 127 cm³/mol. The normalized spacial score (nSPS) is 12.3. The molecule has 0 unspecified atom stereocenters. The van der Waals surface area contributed by atoms with E-state index in [1.807, 2.05) is 37.3 Å². The Morgan fingerprint density at radius 2 is 1.79 bits per heavy atom. The van der Waals surface area contributed by atoms with E-state index >= 15 is 0 Å². The molecule has 0 aliphatic carbocycles. The van der Waals surface area contributed by atoms with Crippen LogP contribution in [0.2, 0.25) is 0 Å². The van der Waals surface area contributed by atoms with E-state index in [1.54, 1.807) is 18.3 Å². The monoisotopic (exact) mass is 480 g/mol. The van der Waals surface area contributed by atoms with Crippen molar-refractivity contribution >= 4 is 27.3 Å². The van der Waals surface area contributed by atoms with Gasteiger partial charge in [0.15, 0.2) is 15.7 Å². The van der Waals surface area contributed by atoms with Crippen molar-refractivity contribution in [2.24, 2.45) is 0 Å². The third kappa shape index (κ3) is 5.38. The highest BCUT2D eigenvalue weighted by Gasteiger charge is 2.19. The molecule has 2 aromatic heterocycles. The Bertz CT molecular complexity index is 1360. The zero-order valence-electron chi connectivity index (χ0n) is 18.6. The lowest BCUT2D eigenvalue weighted by Gasteiger charge is -2.19. The van der Waals surface area contributed by atoms with Crippen LogP contribution in [0.1, 0.15) is 24.4 Å². The van der Waals surface area contributed by atoms with E-state index in [9.17, 15) is 13.5 Å². The van der Waals surface area contributed by atoms with Crippen LogP contribution in [0.4, 0.5) is 17.5 Å². The lowest BCUT2D eigenvalue weighted by molar-refractivity contribution is 0.276. The van der Waals surface area contributed by atoms with Crippen molar-refractivity contribution in [3.63, 3.8) is 0 Å². The molecule has 0 radical (unpaired) electrons. The summed E-state index contributed by atoms with van der Waals surface area (Å²) >= 11 is 0. The van der Waals surface area contributed by atoms with Crippen LogP contribution >= 0.6 is 0 Å². The van der Waals surface area contributed by atoms with Crippen LogP contribution in [0.25, 0.3) is 11.5 Å². The zero-order valence-corrected chi connectivity index (χ0v) is 19.5. The van der Waals surface area contributed by atoms with Gasteiger partial charge in [-0.15, -0.1) is 0 Å². The summed E-state index contributed by atoms with van der Waals surface area (Å²) in [5.74, 6) is 1.46. The number of hydrogen-bond acceptors (Lipinski definition) is 10. The number of hydrogen-bond donors (Lipinski definition) is 3. The van der Waals surface area contributed by atoms with Crippen LogP contribution in [-0.2, 0) is 16.3 Å². The van der Waals surface area contributed by atoms with Crippen LogP contribution in [0, 0.1) is 0 Å². The van der Waals surface area contributed by atoms with Gasteiger partial charge in [0.25, 0.3) is 5.89 Å². The summed E-state index contributed by atoms with van der Waals surface area (Å²) in [6, 6.07) is 15.3. The van der Waals surface area contributed by atoms with Crippen LogP contribution in [0.3, 0.4) is 0 Å². The summed E-state index contributed by atoms with van der Waals surface area (Å²) in [6.45, 7) is 1.75. The van der Waals surface area contributed by atoms with E-state index in [1.165, 1.54) is 12.1 Å². The van der Waals surface area contributed by atoms with E-state index in [4.69, 9.17) is 4.52 Å². The minimum absolute atomic E-state index is 0.173. The first-order chi connectivity index (χ1) is 16.4. The Morgan fingerprint density at radius 1 is 1.06 bits per heavy atom.